The molecule has 2 aromatic heterocycles. The van der Waals surface area contributed by atoms with Gasteiger partial charge in [-0.25, -0.2) is 0 Å². The van der Waals surface area contributed by atoms with E-state index in [0.29, 0.717) is 15.0 Å². The Morgan fingerprint density at radius 1 is 1.28 bits per heavy atom. The van der Waals surface area contributed by atoms with E-state index >= 15 is 0 Å². The third-order valence-corrected chi connectivity index (χ3v) is 4.92. The fourth-order valence-corrected chi connectivity index (χ4v) is 3.60. The second-order valence-electron chi connectivity index (χ2n) is 5.33. The van der Waals surface area contributed by atoms with Crippen molar-refractivity contribution in [2.45, 2.75) is 0 Å². The Balaban J connectivity index is 1.77. The summed E-state index contributed by atoms with van der Waals surface area (Å²) in [6.45, 7) is 0. The van der Waals surface area contributed by atoms with Crippen LogP contribution in [0.4, 0.5) is 0 Å². The molecule has 5 nitrogen and oxygen atoms in total. The second kappa shape index (κ2) is 6.34. The first-order valence-electron chi connectivity index (χ1n) is 7.41. The van der Waals surface area contributed by atoms with Gasteiger partial charge < -0.3 is 14.5 Å². The molecule has 1 saturated heterocycles. The normalized spacial score (nSPS) is 15.8. The minimum atomic E-state index is -0.205. The molecular formula is C18H12N2O3S2. The lowest BCUT2D eigenvalue weighted by Crippen LogP contribution is -2.17. The van der Waals surface area contributed by atoms with E-state index in [1.54, 1.807) is 25.6 Å². The predicted octanol–water partition coefficient (Wildman–Crippen LogP) is 3.99. The number of hydrogen-bond donors (Lipinski definition) is 1. The quantitative estimate of drug-likeness (QED) is 0.557. The Morgan fingerprint density at radius 3 is 2.76 bits per heavy atom. The maximum absolute atomic E-state index is 11.8. The highest BCUT2D eigenvalue weighted by Gasteiger charge is 2.22. The van der Waals surface area contributed by atoms with Gasteiger partial charge in [0.2, 0.25) is 0 Å². The predicted molar refractivity (Wildman–Crippen MR) is 102 cm³/mol. The number of thiocarbonyl (C=S) groups is 1. The van der Waals surface area contributed by atoms with Gasteiger partial charge in [0.1, 0.15) is 21.4 Å². The third-order valence-electron chi connectivity index (χ3n) is 3.76. The zero-order valence-corrected chi connectivity index (χ0v) is 14.7. The van der Waals surface area contributed by atoms with Gasteiger partial charge in [-0.3, -0.25) is 9.78 Å². The van der Waals surface area contributed by atoms with Crippen molar-refractivity contribution in [3.05, 3.63) is 53.4 Å². The van der Waals surface area contributed by atoms with Gasteiger partial charge in [-0.1, -0.05) is 36.1 Å². The number of methoxy groups -OCH3 is 1. The highest BCUT2D eigenvalue weighted by Crippen LogP contribution is 2.33. The maximum Gasteiger partial charge on any atom is 0.263 e. The molecule has 124 valence electrons. The summed E-state index contributed by atoms with van der Waals surface area (Å²) >= 11 is 6.22. The minimum absolute atomic E-state index is 0.205. The van der Waals surface area contributed by atoms with Crippen molar-refractivity contribution in [1.29, 1.82) is 0 Å². The number of nitrogens with one attached hydrogen (secondary N) is 1. The Bertz CT molecular complexity index is 1020. The summed E-state index contributed by atoms with van der Waals surface area (Å²) in [4.78, 5) is 16.6. The van der Waals surface area contributed by atoms with Crippen molar-refractivity contribution < 1.29 is 13.9 Å². The number of pyridine rings is 1. The van der Waals surface area contributed by atoms with Crippen LogP contribution in [0, 0.1) is 0 Å². The lowest BCUT2D eigenvalue weighted by atomic mass is 10.1. The molecule has 3 heterocycles. The molecule has 1 fully saturated rings. The summed E-state index contributed by atoms with van der Waals surface area (Å²) in [5.74, 6) is 1.16. The number of fused-ring (bicyclic) bond motifs is 1. The van der Waals surface area contributed by atoms with Crippen molar-refractivity contribution in [1.82, 2.24) is 10.3 Å². The summed E-state index contributed by atoms with van der Waals surface area (Å²) in [5, 5.41) is 3.46. The molecule has 0 radical (unpaired) electrons. The molecule has 1 aliphatic heterocycles. The van der Waals surface area contributed by atoms with Crippen molar-refractivity contribution in [3.63, 3.8) is 0 Å². The lowest BCUT2D eigenvalue weighted by Gasteiger charge is -2.04. The lowest BCUT2D eigenvalue weighted by molar-refractivity contribution is -0.115. The number of nitrogens with zero attached hydrogens (tertiary/aromatic N) is 1. The topological polar surface area (TPSA) is 64.4 Å². The number of furan rings is 1. The van der Waals surface area contributed by atoms with Gasteiger partial charge in [-0.05, 0) is 23.8 Å². The highest BCUT2D eigenvalue weighted by atomic mass is 32.2. The van der Waals surface area contributed by atoms with Gasteiger partial charge in [-0.15, -0.1) is 0 Å². The van der Waals surface area contributed by atoms with Crippen molar-refractivity contribution in [3.8, 4) is 16.9 Å². The average molecular weight is 368 g/mol. The number of benzene rings is 1. The molecule has 1 aliphatic rings. The van der Waals surface area contributed by atoms with E-state index in [9.17, 15) is 4.79 Å². The van der Waals surface area contributed by atoms with Gasteiger partial charge in [-0.2, -0.15) is 0 Å². The van der Waals surface area contributed by atoms with Gasteiger partial charge in [0.15, 0.2) is 0 Å². The van der Waals surface area contributed by atoms with Crippen LogP contribution < -0.4 is 10.1 Å². The van der Waals surface area contributed by atoms with Crippen LogP contribution in [0.15, 0.2) is 52.0 Å². The van der Waals surface area contributed by atoms with Crippen LogP contribution in [0.2, 0.25) is 0 Å². The van der Waals surface area contributed by atoms with E-state index in [2.05, 4.69) is 10.3 Å². The first-order valence-corrected chi connectivity index (χ1v) is 8.63. The minimum Gasteiger partial charge on any atom is -0.497 e. The van der Waals surface area contributed by atoms with E-state index in [1.807, 2.05) is 30.3 Å². The van der Waals surface area contributed by atoms with Crippen LogP contribution in [-0.2, 0) is 4.79 Å². The number of carbonyl (C=O) groups excluding carboxylic acids is 1. The first-order chi connectivity index (χ1) is 12.1. The van der Waals surface area contributed by atoms with E-state index < -0.39 is 0 Å². The number of carbonyl (C=O) groups is 1. The van der Waals surface area contributed by atoms with Gasteiger partial charge >= 0.3 is 0 Å². The summed E-state index contributed by atoms with van der Waals surface area (Å²) in [5.41, 5.74) is 2.57. The van der Waals surface area contributed by atoms with E-state index in [-0.39, 0.29) is 5.91 Å². The molecular weight excluding hydrogens is 356 g/mol. The van der Waals surface area contributed by atoms with Crippen LogP contribution in [0.25, 0.3) is 28.2 Å². The van der Waals surface area contributed by atoms with E-state index in [4.69, 9.17) is 21.4 Å². The Hall–Kier alpha value is -2.64. The number of aromatic nitrogens is 1. The first kappa shape index (κ1) is 15.9. The molecule has 1 aromatic carbocycles. The van der Waals surface area contributed by atoms with Crippen LogP contribution >= 0.6 is 24.0 Å². The second-order valence-corrected chi connectivity index (χ2v) is 7.05. The van der Waals surface area contributed by atoms with Crippen LogP contribution in [-0.4, -0.2) is 22.3 Å². The van der Waals surface area contributed by atoms with Crippen molar-refractivity contribution in [2.75, 3.05) is 7.11 Å². The molecule has 1 N–H and O–H groups in total. The summed E-state index contributed by atoms with van der Waals surface area (Å²) in [6, 6.07) is 9.54. The Kier molecular flexibility index (Phi) is 4.03. The molecule has 1 amide bonds. The van der Waals surface area contributed by atoms with E-state index in [0.717, 1.165) is 27.8 Å². The molecule has 0 aliphatic carbocycles. The standard InChI is InChI=1S/C18H12N2O3S2/c1-22-12-4-2-10(3-5-12)14-9-19-8-11-6-13(23-16(11)14)7-15-17(21)20-18(24)25-15/h2-9H,1H3,(H,20,21,24)/b15-7+. The SMILES string of the molecule is COc1ccc(-c2cncc3cc(/C=C4/SC(=S)NC4=O)oc23)cc1. The third kappa shape index (κ3) is 3.04. The van der Waals surface area contributed by atoms with E-state index in [1.165, 1.54) is 11.8 Å². The molecule has 0 bridgehead atoms. The van der Waals surface area contributed by atoms with Gasteiger partial charge in [0, 0.05) is 29.4 Å². The molecule has 0 atom stereocenters. The number of thioether (sulfide) groups is 1. The fourth-order valence-electron chi connectivity index (χ4n) is 2.58. The van der Waals surface area contributed by atoms with Crippen LogP contribution in [0.5, 0.6) is 5.75 Å². The summed E-state index contributed by atoms with van der Waals surface area (Å²) in [6.07, 6.45) is 5.19. The molecule has 4 rings (SSSR count). The highest BCUT2D eigenvalue weighted by molar-refractivity contribution is 8.26. The average Bonchev–Trinajstić information content (AvgIpc) is 3.17. The molecule has 0 saturated carbocycles. The zero-order valence-electron chi connectivity index (χ0n) is 13.1. The number of rotatable bonds is 3. The van der Waals surface area contributed by atoms with Crippen LogP contribution in [0.3, 0.4) is 0 Å². The van der Waals surface area contributed by atoms with Gasteiger partial charge in [0.05, 0.1) is 12.0 Å². The van der Waals surface area contributed by atoms with Gasteiger partial charge in [0.25, 0.3) is 5.91 Å². The number of ether oxygens (including phenoxy) is 1. The largest absolute Gasteiger partial charge is 0.497 e. The number of amides is 1. The monoisotopic (exact) mass is 368 g/mol. The van der Waals surface area contributed by atoms with Crippen molar-refractivity contribution >= 4 is 51.3 Å². The molecule has 0 unspecified atom stereocenters. The summed E-state index contributed by atoms with van der Waals surface area (Å²) < 4.78 is 11.6. The Morgan fingerprint density at radius 2 is 2.08 bits per heavy atom. The molecule has 7 heteroatoms. The Labute approximate surface area is 153 Å². The number of hydrogen-bond acceptors (Lipinski definition) is 6. The summed E-state index contributed by atoms with van der Waals surface area (Å²) in [7, 11) is 1.63. The molecule has 0 spiro atoms. The molecule has 3 aromatic rings. The molecule has 25 heavy (non-hydrogen) atoms. The van der Waals surface area contributed by atoms with Crippen molar-refractivity contribution in [2.24, 2.45) is 0 Å². The fraction of sp³-hybridized carbons (Fsp3) is 0.0556. The smallest absolute Gasteiger partial charge is 0.263 e. The maximum atomic E-state index is 11.8. The zero-order chi connectivity index (χ0) is 17.4. The van der Waals surface area contributed by atoms with Crippen LogP contribution in [0.1, 0.15) is 5.76 Å².